The molecule has 0 aliphatic rings. The highest BCUT2D eigenvalue weighted by atomic mass is 35.5. The molecule has 2 aromatic heterocycles. The molecule has 0 amide bonds. The molecule has 0 fully saturated rings. The standard InChI is InChI=1S/C20H15ClN4OS/c21-16-10-8-15(9-11-16)19(26)25-20(22-13-14-5-2-1-3-6-14)23-18(24-25)17-7-4-12-27-17/h1-12H,13H2,(H,22,23,24). The molecule has 4 aromatic rings. The van der Waals surface area contributed by atoms with Crippen molar-refractivity contribution in [2.24, 2.45) is 0 Å². The summed E-state index contributed by atoms with van der Waals surface area (Å²) in [5.41, 5.74) is 1.58. The summed E-state index contributed by atoms with van der Waals surface area (Å²) in [6.45, 7) is 0.539. The lowest BCUT2D eigenvalue weighted by atomic mass is 10.2. The molecule has 2 aromatic carbocycles. The summed E-state index contributed by atoms with van der Waals surface area (Å²) in [5.74, 6) is 0.655. The molecule has 2 heterocycles. The average molecular weight is 395 g/mol. The summed E-state index contributed by atoms with van der Waals surface area (Å²) in [5, 5.41) is 10.2. The Morgan fingerprint density at radius 3 is 2.52 bits per heavy atom. The molecule has 0 atom stereocenters. The number of thiophene rings is 1. The lowest BCUT2D eigenvalue weighted by Crippen LogP contribution is -2.17. The Kier molecular flexibility index (Phi) is 5.00. The lowest BCUT2D eigenvalue weighted by Gasteiger charge is -2.07. The Bertz CT molecular complexity index is 1040. The minimum absolute atomic E-state index is 0.266. The maximum atomic E-state index is 13.0. The van der Waals surface area contributed by atoms with Crippen molar-refractivity contribution in [2.45, 2.75) is 6.54 Å². The van der Waals surface area contributed by atoms with Crippen molar-refractivity contribution in [3.8, 4) is 10.7 Å². The van der Waals surface area contributed by atoms with Crippen LogP contribution >= 0.6 is 22.9 Å². The molecular weight excluding hydrogens is 380 g/mol. The number of hydrogen-bond donors (Lipinski definition) is 1. The van der Waals surface area contributed by atoms with Gasteiger partial charge in [-0.3, -0.25) is 4.79 Å². The number of benzene rings is 2. The van der Waals surface area contributed by atoms with Crippen molar-refractivity contribution in [1.29, 1.82) is 0 Å². The van der Waals surface area contributed by atoms with Crippen LogP contribution in [0.5, 0.6) is 0 Å². The maximum absolute atomic E-state index is 13.0. The Morgan fingerprint density at radius 1 is 1.04 bits per heavy atom. The van der Waals surface area contributed by atoms with Crippen LogP contribution in [-0.4, -0.2) is 20.7 Å². The Hall–Kier alpha value is -2.96. The summed E-state index contributed by atoms with van der Waals surface area (Å²) in [7, 11) is 0. The van der Waals surface area contributed by atoms with Crippen molar-refractivity contribution < 1.29 is 4.79 Å². The van der Waals surface area contributed by atoms with Gasteiger partial charge in [0.15, 0.2) is 5.82 Å². The zero-order valence-electron chi connectivity index (χ0n) is 14.2. The monoisotopic (exact) mass is 394 g/mol. The van der Waals surface area contributed by atoms with Gasteiger partial charge in [-0.2, -0.15) is 9.67 Å². The van der Waals surface area contributed by atoms with Crippen molar-refractivity contribution in [2.75, 3.05) is 5.32 Å². The van der Waals surface area contributed by atoms with E-state index in [9.17, 15) is 4.79 Å². The molecular formula is C20H15ClN4OS. The van der Waals surface area contributed by atoms with Gasteiger partial charge in [0.1, 0.15) is 0 Å². The van der Waals surface area contributed by atoms with E-state index in [4.69, 9.17) is 11.6 Å². The summed E-state index contributed by atoms with van der Waals surface area (Å²) in [4.78, 5) is 18.4. The van der Waals surface area contributed by atoms with Gasteiger partial charge in [0, 0.05) is 17.1 Å². The molecule has 0 spiro atoms. The number of carbonyl (C=O) groups excluding carboxylic acids is 1. The summed E-state index contributed by atoms with van der Waals surface area (Å²) >= 11 is 7.45. The quantitative estimate of drug-likeness (QED) is 0.519. The number of halogens is 1. The molecule has 0 bridgehead atoms. The number of rotatable bonds is 5. The molecule has 0 aliphatic heterocycles. The number of nitrogens with zero attached hydrogens (tertiary/aromatic N) is 3. The second-order valence-electron chi connectivity index (χ2n) is 5.80. The largest absolute Gasteiger partial charge is 0.350 e. The summed E-state index contributed by atoms with van der Waals surface area (Å²) in [6.07, 6.45) is 0. The second-order valence-corrected chi connectivity index (χ2v) is 7.18. The van der Waals surface area contributed by atoms with E-state index in [-0.39, 0.29) is 5.91 Å². The van der Waals surface area contributed by atoms with E-state index in [1.165, 1.54) is 16.0 Å². The number of anilines is 1. The van der Waals surface area contributed by atoms with Crippen LogP contribution in [0.3, 0.4) is 0 Å². The van der Waals surface area contributed by atoms with E-state index < -0.39 is 0 Å². The fraction of sp³-hybridized carbons (Fsp3) is 0.0500. The first-order valence-electron chi connectivity index (χ1n) is 8.30. The zero-order chi connectivity index (χ0) is 18.6. The first kappa shape index (κ1) is 17.5. The van der Waals surface area contributed by atoms with E-state index in [0.717, 1.165) is 10.4 Å². The van der Waals surface area contributed by atoms with E-state index in [1.807, 2.05) is 47.8 Å². The van der Waals surface area contributed by atoms with Crippen molar-refractivity contribution >= 4 is 34.8 Å². The third kappa shape index (κ3) is 3.92. The zero-order valence-corrected chi connectivity index (χ0v) is 15.7. The van der Waals surface area contributed by atoms with Crippen molar-refractivity contribution in [1.82, 2.24) is 14.8 Å². The van der Waals surface area contributed by atoms with Crippen LogP contribution < -0.4 is 5.32 Å². The van der Waals surface area contributed by atoms with Crippen molar-refractivity contribution in [3.05, 3.63) is 88.3 Å². The van der Waals surface area contributed by atoms with Crippen LogP contribution in [0.4, 0.5) is 5.95 Å². The fourth-order valence-electron chi connectivity index (χ4n) is 2.57. The molecule has 0 radical (unpaired) electrons. The van der Waals surface area contributed by atoms with Crippen LogP contribution in [0.15, 0.2) is 72.1 Å². The lowest BCUT2D eigenvalue weighted by molar-refractivity contribution is 0.0947. The summed E-state index contributed by atoms with van der Waals surface area (Å²) in [6, 6.07) is 20.5. The molecule has 1 N–H and O–H groups in total. The summed E-state index contributed by atoms with van der Waals surface area (Å²) < 4.78 is 1.31. The molecule has 7 heteroatoms. The third-order valence-corrected chi connectivity index (χ3v) is 5.04. The predicted octanol–water partition coefficient (Wildman–Crippen LogP) is 4.96. The van der Waals surface area contributed by atoms with Crippen LogP contribution in [0, 0.1) is 0 Å². The Labute approximate surface area is 165 Å². The van der Waals surface area contributed by atoms with Crippen LogP contribution in [0.1, 0.15) is 15.9 Å². The first-order valence-corrected chi connectivity index (χ1v) is 9.55. The number of carbonyl (C=O) groups is 1. The van der Waals surface area contributed by atoms with Gasteiger partial charge >= 0.3 is 0 Å². The van der Waals surface area contributed by atoms with Gasteiger partial charge < -0.3 is 5.32 Å². The van der Waals surface area contributed by atoms with Gasteiger partial charge in [-0.05, 0) is 41.3 Å². The van der Waals surface area contributed by atoms with E-state index in [2.05, 4.69) is 15.4 Å². The first-order chi connectivity index (χ1) is 13.2. The molecule has 0 saturated carbocycles. The highest BCUT2D eigenvalue weighted by Gasteiger charge is 2.19. The third-order valence-electron chi connectivity index (χ3n) is 3.93. The number of nitrogens with one attached hydrogen (secondary N) is 1. The van der Waals surface area contributed by atoms with Gasteiger partial charge in [-0.1, -0.05) is 48.0 Å². The molecule has 134 valence electrons. The Morgan fingerprint density at radius 2 is 1.81 bits per heavy atom. The van der Waals surface area contributed by atoms with Crippen LogP contribution in [0.2, 0.25) is 5.02 Å². The number of aromatic nitrogens is 3. The average Bonchev–Trinajstić information content (AvgIpc) is 3.37. The van der Waals surface area contributed by atoms with Crippen molar-refractivity contribution in [3.63, 3.8) is 0 Å². The molecule has 27 heavy (non-hydrogen) atoms. The second kappa shape index (κ2) is 7.73. The minimum atomic E-state index is -0.266. The fourth-order valence-corrected chi connectivity index (χ4v) is 3.35. The molecule has 0 saturated heterocycles. The number of hydrogen-bond acceptors (Lipinski definition) is 5. The van der Waals surface area contributed by atoms with E-state index >= 15 is 0 Å². The molecule has 0 aliphatic carbocycles. The van der Waals surface area contributed by atoms with Crippen LogP contribution in [-0.2, 0) is 6.54 Å². The maximum Gasteiger partial charge on any atom is 0.281 e. The van der Waals surface area contributed by atoms with Gasteiger partial charge in [0.05, 0.1) is 4.88 Å². The molecule has 4 rings (SSSR count). The van der Waals surface area contributed by atoms with E-state index in [1.54, 1.807) is 24.3 Å². The SMILES string of the molecule is O=C(c1ccc(Cl)cc1)n1nc(-c2cccs2)nc1NCc1ccccc1. The molecule has 0 unspecified atom stereocenters. The normalized spacial score (nSPS) is 10.7. The molecule has 5 nitrogen and oxygen atoms in total. The Balaban J connectivity index is 1.67. The minimum Gasteiger partial charge on any atom is -0.350 e. The predicted molar refractivity (Wildman–Crippen MR) is 108 cm³/mol. The van der Waals surface area contributed by atoms with Gasteiger partial charge in [-0.25, -0.2) is 0 Å². The van der Waals surface area contributed by atoms with Gasteiger partial charge in [0.2, 0.25) is 5.95 Å². The topological polar surface area (TPSA) is 59.8 Å². The van der Waals surface area contributed by atoms with E-state index in [0.29, 0.717) is 28.9 Å². The smallest absolute Gasteiger partial charge is 0.281 e. The van der Waals surface area contributed by atoms with Gasteiger partial charge in [0.25, 0.3) is 5.91 Å². The van der Waals surface area contributed by atoms with Gasteiger partial charge in [-0.15, -0.1) is 16.4 Å². The van der Waals surface area contributed by atoms with Crippen LogP contribution in [0.25, 0.3) is 10.7 Å². The highest BCUT2D eigenvalue weighted by molar-refractivity contribution is 7.13. The highest BCUT2D eigenvalue weighted by Crippen LogP contribution is 2.24.